The van der Waals surface area contributed by atoms with Gasteiger partial charge in [-0.05, 0) is 0 Å². The summed E-state index contributed by atoms with van der Waals surface area (Å²) in [5.41, 5.74) is 1.11. The van der Waals surface area contributed by atoms with Gasteiger partial charge in [0.15, 0.2) is 0 Å². The number of hydrogen-bond acceptors (Lipinski definition) is 4. The summed E-state index contributed by atoms with van der Waals surface area (Å²) in [6.45, 7) is 0.320. The van der Waals surface area contributed by atoms with Crippen molar-refractivity contribution in [2.45, 2.75) is 0 Å². The third-order valence-corrected chi connectivity index (χ3v) is 6.26. The molecule has 0 fully saturated rings. The van der Waals surface area contributed by atoms with Gasteiger partial charge in [0.05, 0.1) is 0 Å². The third kappa shape index (κ3) is 2.53. The molecule has 2 aromatic rings. The number of rotatable bonds is 2. The van der Waals surface area contributed by atoms with Crippen molar-refractivity contribution in [3.63, 3.8) is 0 Å². The summed E-state index contributed by atoms with van der Waals surface area (Å²) in [5, 5.41) is 0. The number of hydrogen-bond donors (Lipinski definition) is 0. The molecule has 0 saturated carbocycles. The van der Waals surface area contributed by atoms with Crippen LogP contribution in [0.2, 0.25) is 0 Å². The van der Waals surface area contributed by atoms with Gasteiger partial charge in [-0.3, -0.25) is 0 Å². The van der Waals surface area contributed by atoms with E-state index in [1.54, 1.807) is 11.3 Å². The Morgan fingerprint density at radius 2 is 2.12 bits per heavy atom. The van der Waals surface area contributed by atoms with Crippen molar-refractivity contribution in [3.05, 3.63) is 36.3 Å². The zero-order chi connectivity index (χ0) is 11.7. The molecule has 5 heteroatoms. The van der Waals surface area contributed by atoms with E-state index in [0.29, 0.717) is 21.3 Å². The predicted octanol–water partition coefficient (Wildman–Crippen LogP) is 3.43. The van der Waals surface area contributed by atoms with Crippen molar-refractivity contribution < 1.29 is 9.47 Å². The van der Waals surface area contributed by atoms with Gasteiger partial charge in [-0.2, -0.15) is 0 Å². The fourth-order valence-corrected chi connectivity index (χ4v) is 4.80. The monoisotopic (exact) mass is 328 g/mol. The van der Waals surface area contributed by atoms with Crippen LogP contribution in [-0.4, -0.2) is 21.3 Å². The van der Waals surface area contributed by atoms with Crippen molar-refractivity contribution in [2.24, 2.45) is 0 Å². The van der Waals surface area contributed by atoms with Crippen LogP contribution >= 0.6 is 23.6 Å². The predicted molar refractivity (Wildman–Crippen MR) is 73.6 cm³/mol. The standard InChI is InChI=1S/C12H8O2S2Se/c15-12-16-9(6-17-12)3-1-8-2-4-10-11(5-8)14-7-13-10/h1-6H,7H2/b3-1+. The Bertz CT molecular complexity index is 627. The van der Waals surface area contributed by atoms with E-state index in [9.17, 15) is 0 Å². The van der Waals surface area contributed by atoms with Crippen LogP contribution in [0.5, 0.6) is 11.5 Å². The van der Waals surface area contributed by atoms with Gasteiger partial charge in [-0.15, -0.1) is 0 Å². The average Bonchev–Trinajstić information content (AvgIpc) is 2.94. The molecule has 1 aliphatic heterocycles. The fourth-order valence-electron chi connectivity index (χ4n) is 1.52. The molecular weight excluding hydrogens is 319 g/mol. The van der Waals surface area contributed by atoms with Gasteiger partial charge in [0, 0.05) is 0 Å². The van der Waals surface area contributed by atoms with Crippen molar-refractivity contribution >= 4 is 50.2 Å². The molecule has 0 N–H and O–H groups in total. The second kappa shape index (κ2) is 4.78. The Kier molecular flexibility index (Phi) is 3.16. The van der Waals surface area contributed by atoms with Crippen LogP contribution < -0.4 is 9.47 Å². The molecule has 1 aromatic carbocycles. The molecule has 0 radical (unpaired) electrons. The average molecular weight is 327 g/mol. The van der Waals surface area contributed by atoms with Gasteiger partial charge in [-0.1, -0.05) is 0 Å². The summed E-state index contributed by atoms with van der Waals surface area (Å²) < 4.78 is 11.7. The van der Waals surface area contributed by atoms with Gasteiger partial charge in [-0.25, -0.2) is 0 Å². The molecule has 1 aromatic heterocycles. The molecule has 0 unspecified atom stereocenters. The van der Waals surface area contributed by atoms with Gasteiger partial charge in [0.25, 0.3) is 0 Å². The third-order valence-electron chi connectivity index (χ3n) is 2.31. The Hall–Kier alpha value is -0.871. The van der Waals surface area contributed by atoms with Gasteiger partial charge < -0.3 is 0 Å². The molecule has 0 amide bonds. The normalized spacial score (nSPS) is 13.4. The molecule has 0 bridgehead atoms. The summed E-state index contributed by atoms with van der Waals surface area (Å²) in [4.78, 5) is 3.45. The van der Waals surface area contributed by atoms with Crippen molar-refractivity contribution in [1.82, 2.24) is 0 Å². The molecule has 1 aliphatic rings. The second-order valence-corrected chi connectivity index (χ2v) is 8.20. The van der Waals surface area contributed by atoms with E-state index in [2.05, 4.69) is 17.1 Å². The molecule has 86 valence electrons. The zero-order valence-electron chi connectivity index (χ0n) is 8.71. The van der Waals surface area contributed by atoms with E-state index in [0.717, 1.165) is 19.8 Å². The van der Waals surface area contributed by atoms with Crippen LogP contribution in [-0.2, 0) is 0 Å². The fraction of sp³-hybridized carbons (Fsp3) is 0.0833. The first-order valence-corrected chi connectivity index (χ1v) is 8.05. The van der Waals surface area contributed by atoms with E-state index in [1.165, 1.54) is 4.88 Å². The molecule has 2 nitrogen and oxygen atoms in total. The van der Waals surface area contributed by atoms with Crippen LogP contribution in [0, 0.1) is 2.70 Å². The number of benzene rings is 1. The summed E-state index contributed by atoms with van der Waals surface area (Å²) in [6.07, 6.45) is 4.17. The molecule has 0 atom stereocenters. The van der Waals surface area contributed by atoms with Crippen LogP contribution in [0.25, 0.3) is 12.2 Å². The van der Waals surface area contributed by atoms with Crippen LogP contribution in [0.15, 0.2) is 23.1 Å². The van der Waals surface area contributed by atoms with Gasteiger partial charge in [0.2, 0.25) is 0 Å². The Labute approximate surface area is 114 Å². The van der Waals surface area contributed by atoms with E-state index >= 15 is 0 Å². The van der Waals surface area contributed by atoms with E-state index in [1.807, 2.05) is 18.2 Å². The maximum atomic E-state index is 5.33. The second-order valence-electron chi connectivity index (χ2n) is 3.44. The Morgan fingerprint density at radius 3 is 2.94 bits per heavy atom. The molecule has 0 saturated heterocycles. The first kappa shape index (κ1) is 11.2. The summed E-state index contributed by atoms with van der Waals surface area (Å²) in [5.74, 6) is 1.64. The van der Waals surface area contributed by atoms with Crippen molar-refractivity contribution in [1.29, 1.82) is 0 Å². The number of fused-ring (bicyclic) bond motifs is 1. The van der Waals surface area contributed by atoms with Crippen LogP contribution in [0.4, 0.5) is 0 Å². The quantitative estimate of drug-likeness (QED) is 0.622. The molecule has 0 spiro atoms. The Morgan fingerprint density at radius 1 is 1.24 bits per heavy atom. The number of ether oxygens (including phenoxy) is 2. The van der Waals surface area contributed by atoms with E-state index < -0.39 is 0 Å². The van der Waals surface area contributed by atoms with E-state index in [4.69, 9.17) is 21.7 Å². The SMILES string of the molecule is S=c1sc(/C=C/c2ccc3c(c2)OCO3)c[se]1. The van der Waals surface area contributed by atoms with Crippen LogP contribution in [0.3, 0.4) is 0 Å². The van der Waals surface area contributed by atoms with E-state index in [-0.39, 0.29) is 0 Å². The minimum atomic E-state index is 0.320. The van der Waals surface area contributed by atoms with Crippen molar-refractivity contribution in [3.8, 4) is 11.5 Å². The summed E-state index contributed by atoms with van der Waals surface area (Å²) in [6, 6.07) is 5.95. The first-order valence-electron chi connectivity index (χ1n) is 4.98. The van der Waals surface area contributed by atoms with Crippen LogP contribution in [0.1, 0.15) is 10.4 Å². The summed E-state index contributed by atoms with van der Waals surface area (Å²) >= 11 is 7.23. The molecule has 17 heavy (non-hydrogen) atoms. The minimum absolute atomic E-state index is 0.320. The van der Waals surface area contributed by atoms with Crippen molar-refractivity contribution in [2.75, 3.05) is 6.79 Å². The molecule has 3 rings (SSSR count). The zero-order valence-corrected chi connectivity index (χ0v) is 12.1. The maximum absolute atomic E-state index is 5.33. The van der Waals surface area contributed by atoms with Gasteiger partial charge >= 0.3 is 114 Å². The Balaban J connectivity index is 1.86. The first-order chi connectivity index (χ1) is 8.31. The summed E-state index contributed by atoms with van der Waals surface area (Å²) in [7, 11) is 0. The van der Waals surface area contributed by atoms with Gasteiger partial charge in [0.1, 0.15) is 0 Å². The topological polar surface area (TPSA) is 18.5 Å². The molecular formula is C12H8O2S2Se. The molecule has 2 heterocycles. The molecule has 0 aliphatic carbocycles.